The number of rotatable bonds is 2. The third-order valence-corrected chi connectivity index (χ3v) is 3.94. The minimum absolute atomic E-state index is 0.0326. The first-order valence-corrected chi connectivity index (χ1v) is 7.13. The summed E-state index contributed by atoms with van der Waals surface area (Å²) >= 11 is 0. The number of aromatic nitrogens is 1. The Hall–Kier alpha value is -1.94. The Labute approximate surface area is 118 Å². The first-order valence-electron chi connectivity index (χ1n) is 7.13. The zero-order valence-electron chi connectivity index (χ0n) is 11.4. The summed E-state index contributed by atoms with van der Waals surface area (Å²) in [6.45, 7) is 0. The van der Waals surface area contributed by atoms with Crippen LogP contribution in [0.25, 0.3) is 10.9 Å². The molecule has 1 amide bonds. The van der Waals surface area contributed by atoms with Gasteiger partial charge in [-0.3, -0.25) is 9.78 Å². The lowest BCUT2D eigenvalue weighted by Gasteiger charge is -2.25. The lowest BCUT2D eigenvalue weighted by molar-refractivity contribution is -0.120. The number of hydrogen-bond acceptors (Lipinski definition) is 3. The van der Waals surface area contributed by atoms with Gasteiger partial charge in [-0.15, -0.1) is 0 Å². The Kier molecular flexibility index (Phi) is 3.65. The van der Waals surface area contributed by atoms with Crippen LogP contribution in [0.3, 0.4) is 0 Å². The molecule has 4 nitrogen and oxygen atoms in total. The van der Waals surface area contributed by atoms with E-state index in [1.807, 2.05) is 30.3 Å². The number of carbonyl (C=O) groups excluding carboxylic acids is 1. The molecule has 0 bridgehead atoms. The smallest absolute Gasteiger partial charge is 0.227 e. The second kappa shape index (κ2) is 5.59. The van der Waals surface area contributed by atoms with Gasteiger partial charge in [-0.2, -0.15) is 0 Å². The van der Waals surface area contributed by atoms with Crippen LogP contribution < -0.4 is 11.1 Å². The quantitative estimate of drug-likeness (QED) is 0.880. The maximum absolute atomic E-state index is 12.3. The van der Waals surface area contributed by atoms with Crippen LogP contribution in [-0.2, 0) is 4.79 Å². The Morgan fingerprint density at radius 1 is 1.30 bits per heavy atom. The number of nitrogens with two attached hydrogens (primary N) is 1. The maximum atomic E-state index is 12.3. The molecule has 0 aliphatic heterocycles. The molecule has 104 valence electrons. The SMILES string of the molecule is NC1CCCC(C(=O)Nc2cnc3ccccc3c2)C1. The number of carbonyl (C=O) groups is 1. The van der Waals surface area contributed by atoms with Crippen LogP contribution in [-0.4, -0.2) is 16.9 Å². The van der Waals surface area contributed by atoms with Crippen molar-refractivity contribution in [2.45, 2.75) is 31.7 Å². The summed E-state index contributed by atoms with van der Waals surface area (Å²) in [5.74, 6) is 0.0995. The van der Waals surface area contributed by atoms with Gasteiger partial charge < -0.3 is 11.1 Å². The molecule has 0 radical (unpaired) electrons. The average molecular weight is 269 g/mol. The van der Waals surface area contributed by atoms with Gasteiger partial charge in [0.15, 0.2) is 0 Å². The summed E-state index contributed by atoms with van der Waals surface area (Å²) in [7, 11) is 0. The molecule has 20 heavy (non-hydrogen) atoms. The molecule has 0 saturated heterocycles. The van der Waals surface area contributed by atoms with Gasteiger partial charge in [-0.1, -0.05) is 24.6 Å². The molecule has 1 fully saturated rings. The van der Waals surface area contributed by atoms with E-state index in [9.17, 15) is 4.79 Å². The van der Waals surface area contributed by atoms with E-state index in [0.717, 1.165) is 42.3 Å². The molecule has 2 atom stereocenters. The van der Waals surface area contributed by atoms with Crippen LogP contribution in [0.4, 0.5) is 5.69 Å². The summed E-state index contributed by atoms with van der Waals surface area (Å²) in [5, 5.41) is 4.00. The maximum Gasteiger partial charge on any atom is 0.227 e. The van der Waals surface area contributed by atoms with Gasteiger partial charge >= 0.3 is 0 Å². The first-order chi connectivity index (χ1) is 9.72. The van der Waals surface area contributed by atoms with E-state index >= 15 is 0 Å². The molecule has 3 N–H and O–H groups in total. The summed E-state index contributed by atoms with van der Waals surface area (Å²) in [6, 6.07) is 10.00. The molecule has 1 aliphatic rings. The highest BCUT2D eigenvalue weighted by atomic mass is 16.1. The molecule has 2 aromatic rings. The zero-order valence-corrected chi connectivity index (χ0v) is 11.4. The number of fused-ring (bicyclic) bond motifs is 1. The standard InChI is InChI=1S/C16H19N3O/c17-13-6-3-5-12(8-13)16(20)19-14-9-11-4-1-2-7-15(11)18-10-14/h1-2,4,7,9-10,12-13H,3,5-6,8,17H2,(H,19,20). The van der Waals surface area contributed by atoms with Gasteiger partial charge in [0.1, 0.15) is 0 Å². The Morgan fingerprint density at radius 2 is 2.15 bits per heavy atom. The monoisotopic (exact) mass is 269 g/mol. The molecule has 3 rings (SSSR count). The molecule has 1 heterocycles. The normalized spacial score (nSPS) is 22.6. The number of hydrogen-bond donors (Lipinski definition) is 2. The minimum atomic E-state index is 0.0326. The second-order valence-corrected chi connectivity index (χ2v) is 5.53. The van der Waals surface area contributed by atoms with Crippen LogP contribution in [0.1, 0.15) is 25.7 Å². The topological polar surface area (TPSA) is 68.0 Å². The van der Waals surface area contributed by atoms with Gasteiger partial charge in [0.2, 0.25) is 5.91 Å². The highest BCUT2D eigenvalue weighted by Gasteiger charge is 2.25. The highest BCUT2D eigenvalue weighted by Crippen LogP contribution is 2.25. The number of nitrogens with one attached hydrogen (secondary N) is 1. The Balaban J connectivity index is 1.73. The summed E-state index contributed by atoms with van der Waals surface area (Å²) in [6.07, 6.45) is 5.49. The number of anilines is 1. The van der Waals surface area contributed by atoms with Crippen molar-refractivity contribution in [2.75, 3.05) is 5.32 Å². The summed E-state index contributed by atoms with van der Waals surface area (Å²) < 4.78 is 0. The molecule has 1 saturated carbocycles. The molecule has 2 unspecified atom stereocenters. The van der Waals surface area contributed by atoms with Gasteiger partial charge in [0.25, 0.3) is 0 Å². The third-order valence-electron chi connectivity index (χ3n) is 3.94. The Bertz CT molecular complexity index is 626. The first kappa shape index (κ1) is 13.1. The molecular weight excluding hydrogens is 250 g/mol. The van der Waals surface area contributed by atoms with Crippen molar-refractivity contribution in [1.82, 2.24) is 4.98 Å². The predicted molar refractivity (Wildman–Crippen MR) is 80.3 cm³/mol. The van der Waals surface area contributed by atoms with Crippen molar-refractivity contribution in [2.24, 2.45) is 11.7 Å². The summed E-state index contributed by atoms with van der Waals surface area (Å²) in [4.78, 5) is 16.6. The number of pyridine rings is 1. The van der Waals surface area contributed by atoms with Crippen LogP contribution in [0.2, 0.25) is 0 Å². The lowest BCUT2D eigenvalue weighted by Crippen LogP contribution is -2.34. The Morgan fingerprint density at radius 3 is 3.00 bits per heavy atom. The fourth-order valence-corrected chi connectivity index (χ4v) is 2.85. The van der Waals surface area contributed by atoms with E-state index in [0.29, 0.717) is 0 Å². The van der Waals surface area contributed by atoms with Crippen LogP contribution in [0.15, 0.2) is 36.5 Å². The van der Waals surface area contributed by atoms with Gasteiger partial charge in [-0.05, 0) is 31.4 Å². The molecule has 1 aromatic heterocycles. The lowest BCUT2D eigenvalue weighted by atomic mass is 9.85. The number of para-hydroxylation sites is 1. The van der Waals surface area contributed by atoms with Crippen molar-refractivity contribution < 1.29 is 4.79 Å². The van der Waals surface area contributed by atoms with Crippen LogP contribution in [0, 0.1) is 5.92 Å². The van der Waals surface area contributed by atoms with Crippen molar-refractivity contribution in [3.63, 3.8) is 0 Å². The predicted octanol–water partition coefficient (Wildman–Crippen LogP) is 2.69. The molecule has 1 aliphatic carbocycles. The van der Waals surface area contributed by atoms with Gasteiger partial charge in [0, 0.05) is 17.3 Å². The zero-order chi connectivity index (χ0) is 13.9. The molecular formula is C16H19N3O. The van der Waals surface area contributed by atoms with E-state index in [2.05, 4.69) is 10.3 Å². The number of amides is 1. The van der Waals surface area contributed by atoms with Crippen molar-refractivity contribution >= 4 is 22.5 Å². The van der Waals surface area contributed by atoms with Gasteiger partial charge in [0.05, 0.1) is 17.4 Å². The van der Waals surface area contributed by atoms with Crippen LogP contribution in [0.5, 0.6) is 0 Å². The van der Waals surface area contributed by atoms with Crippen molar-refractivity contribution in [3.05, 3.63) is 36.5 Å². The molecule has 1 aromatic carbocycles. The van der Waals surface area contributed by atoms with E-state index in [4.69, 9.17) is 5.73 Å². The van der Waals surface area contributed by atoms with E-state index in [1.165, 1.54) is 0 Å². The van der Waals surface area contributed by atoms with Crippen molar-refractivity contribution in [3.8, 4) is 0 Å². The second-order valence-electron chi connectivity index (χ2n) is 5.53. The molecule has 4 heteroatoms. The highest BCUT2D eigenvalue weighted by molar-refractivity contribution is 5.94. The number of benzene rings is 1. The van der Waals surface area contributed by atoms with E-state index < -0.39 is 0 Å². The van der Waals surface area contributed by atoms with Crippen LogP contribution >= 0.6 is 0 Å². The van der Waals surface area contributed by atoms with E-state index in [1.54, 1.807) is 6.20 Å². The fourth-order valence-electron chi connectivity index (χ4n) is 2.85. The van der Waals surface area contributed by atoms with Crippen molar-refractivity contribution in [1.29, 1.82) is 0 Å². The van der Waals surface area contributed by atoms with Gasteiger partial charge in [-0.25, -0.2) is 0 Å². The number of nitrogens with zero attached hydrogens (tertiary/aromatic N) is 1. The fraction of sp³-hybridized carbons (Fsp3) is 0.375. The average Bonchev–Trinajstić information content (AvgIpc) is 2.47. The largest absolute Gasteiger partial charge is 0.328 e. The third kappa shape index (κ3) is 2.80. The minimum Gasteiger partial charge on any atom is -0.328 e. The van der Waals surface area contributed by atoms with E-state index in [-0.39, 0.29) is 17.9 Å². The summed E-state index contributed by atoms with van der Waals surface area (Å²) in [5.41, 5.74) is 7.63. The molecule has 0 spiro atoms.